The third-order valence-electron chi connectivity index (χ3n) is 3.26. The van der Waals surface area contributed by atoms with Gasteiger partial charge < -0.3 is 5.11 Å². The molecule has 0 aliphatic carbocycles. The second-order valence-electron chi connectivity index (χ2n) is 4.60. The lowest BCUT2D eigenvalue weighted by molar-refractivity contribution is 0.275. The van der Waals surface area contributed by atoms with Gasteiger partial charge in [0.25, 0.3) is 0 Å². The highest BCUT2D eigenvalue weighted by Crippen LogP contribution is 2.21. The Bertz CT molecular complexity index is 704. The number of thiophene rings is 1. The molecule has 2 aromatic heterocycles. The van der Waals surface area contributed by atoms with Crippen molar-refractivity contribution in [3.8, 4) is 5.69 Å². The molecule has 2 heterocycles. The van der Waals surface area contributed by atoms with Crippen LogP contribution in [0.25, 0.3) is 5.69 Å². The molecule has 0 amide bonds. The predicted molar refractivity (Wildman–Crippen MR) is 79.1 cm³/mol. The number of hydrogen-bond acceptors (Lipinski definition) is 4. The molecule has 0 radical (unpaired) electrons. The molecule has 3 rings (SSSR count). The summed E-state index contributed by atoms with van der Waals surface area (Å²) >= 11 is 1.70. The zero-order valence-corrected chi connectivity index (χ0v) is 12.0. The average molecular weight is 285 g/mol. The van der Waals surface area contributed by atoms with E-state index in [2.05, 4.69) is 21.8 Å². The van der Waals surface area contributed by atoms with Crippen LogP contribution in [0.3, 0.4) is 0 Å². The molecule has 0 saturated carbocycles. The molecular formula is C15H15N3OS. The number of benzene rings is 1. The van der Waals surface area contributed by atoms with Crippen LogP contribution in [0.15, 0.2) is 41.8 Å². The molecule has 1 aromatic carbocycles. The number of hydrogen-bond donors (Lipinski definition) is 1. The molecule has 5 heteroatoms. The van der Waals surface area contributed by atoms with Crippen LogP contribution in [0.4, 0.5) is 0 Å². The Hall–Kier alpha value is -1.98. The predicted octanol–water partition coefficient (Wildman–Crippen LogP) is 2.72. The summed E-state index contributed by atoms with van der Waals surface area (Å²) in [6.45, 7) is 1.96. The van der Waals surface area contributed by atoms with Gasteiger partial charge in [-0.1, -0.05) is 29.5 Å². The van der Waals surface area contributed by atoms with Gasteiger partial charge in [0.1, 0.15) is 5.69 Å². The van der Waals surface area contributed by atoms with E-state index in [1.54, 1.807) is 11.3 Å². The van der Waals surface area contributed by atoms with Gasteiger partial charge in [0.15, 0.2) is 0 Å². The van der Waals surface area contributed by atoms with E-state index in [1.165, 1.54) is 4.88 Å². The van der Waals surface area contributed by atoms with Gasteiger partial charge >= 0.3 is 0 Å². The highest BCUT2D eigenvalue weighted by molar-refractivity contribution is 7.09. The number of aryl methyl sites for hydroxylation is 1. The molecule has 0 saturated heterocycles. The molecule has 0 unspecified atom stereocenters. The fourth-order valence-corrected chi connectivity index (χ4v) is 2.91. The summed E-state index contributed by atoms with van der Waals surface area (Å²) < 4.78 is 1.83. The number of nitrogens with zero attached hydrogens (tertiary/aromatic N) is 3. The Morgan fingerprint density at radius 1 is 1.20 bits per heavy atom. The topological polar surface area (TPSA) is 50.9 Å². The van der Waals surface area contributed by atoms with Gasteiger partial charge in [0, 0.05) is 11.3 Å². The van der Waals surface area contributed by atoms with E-state index >= 15 is 0 Å². The number of aliphatic hydroxyl groups is 1. The fourth-order valence-electron chi connectivity index (χ4n) is 2.21. The highest BCUT2D eigenvalue weighted by Gasteiger charge is 2.15. The van der Waals surface area contributed by atoms with Crippen LogP contribution >= 0.6 is 11.3 Å². The largest absolute Gasteiger partial charge is 0.390 e. The molecule has 4 nitrogen and oxygen atoms in total. The first-order chi connectivity index (χ1) is 9.79. The van der Waals surface area contributed by atoms with Crippen LogP contribution in [0.1, 0.15) is 21.8 Å². The van der Waals surface area contributed by atoms with Crippen molar-refractivity contribution in [2.75, 3.05) is 0 Å². The SMILES string of the molecule is Cc1ccccc1-n1nnc(CO)c1Cc1cccs1. The molecule has 0 bridgehead atoms. The van der Waals surface area contributed by atoms with E-state index in [-0.39, 0.29) is 6.61 Å². The first-order valence-corrected chi connectivity index (χ1v) is 7.30. The van der Waals surface area contributed by atoms with Gasteiger partial charge in [0.2, 0.25) is 0 Å². The van der Waals surface area contributed by atoms with Gasteiger partial charge in [-0.3, -0.25) is 0 Å². The zero-order chi connectivity index (χ0) is 13.9. The van der Waals surface area contributed by atoms with Crippen molar-refractivity contribution in [3.63, 3.8) is 0 Å². The number of aromatic nitrogens is 3. The highest BCUT2D eigenvalue weighted by atomic mass is 32.1. The molecule has 0 fully saturated rings. The quantitative estimate of drug-likeness (QED) is 0.802. The number of aliphatic hydroxyl groups excluding tert-OH is 1. The third-order valence-corrected chi connectivity index (χ3v) is 4.14. The van der Waals surface area contributed by atoms with Crippen LogP contribution < -0.4 is 0 Å². The van der Waals surface area contributed by atoms with Crippen molar-refractivity contribution in [1.29, 1.82) is 0 Å². The Morgan fingerprint density at radius 2 is 2.05 bits per heavy atom. The standard InChI is InChI=1S/C15H15N3OS/c1-11-5-2-3-7-14(11)18-15(13(10-19)16-17-18)9-12-6-4-8-20-12/h2-8,19H,9-10H2,1H3. The molecule has 0 aliphatic rings. The third kappa shape index (κ3) is 2.37. The van der Waals surface area contributed by atoms with Gasteiger partial charge in [-0.15, -0.1) is 16.4 Å². The number of rotatable bonds is 4. The first kappa shape index (κ1) is 13.0. The van der Waals surface area contributed by atoms with Gasteiger partial charge in [-0.05, 0) is 30.0 Å². The first-order valence-electron chi connectivity index (χ1n) is 6.42. The molecule has 102 valence electrons. The van der Waals surface area contributed by atoms with Crippen molar-refractivity contribution < 1.29 is 5.11 Å². The summed E-state index contributed by atoms with van der Waals surface area (Å²) in [6, 6.07) is 12.2. The minimum atomic E-state index is -0.0907. The minimum Gasteiger partial charge on any atom is -0.390 e. The van der Waals surface area contributed by atoms with E-state index in [0.29, 0.717) is 5.69 Å². The Kier molecular flexibility index (Phi) is 3.62. The maximum Gasteiger partial charge on any atom is 0.112 e. The summed E-state index contributed by atoms with van der Waals surface area (Å²) in [5.74, 6) is 0. The number of para-hydroxylation sites is 1. The van der Waals surface area contributed by atoms with Crippen LogP contribution in [0.2, 0.25) is 0 Å². The average Bonchev–Trinajstić information content (AvgIpc) is 3.10. The Morgan fingerprint density at radius 3 is 2.75 bits per heavy atom. The summed E-state index contributed by atoms with van der Waals surface area (Å²) in [5.41, 5.74) is 3.73. The van der Waals surface area contributed by atoms with Crippen LogP contribution in [0, 0.1) is 6.92 Å². The van der Waals surface area contributed by atoms with Crippen molar-refractivity contribution >= 4 is 11.3 Å². The smallest absolute Gasteiger partial charge is 0.112 e. The Labute approximate surface area is 121 Å². The normalized spacial score (nSPS) is 10.9. The maximum atomic E-state index is 9.46. The van der Waals surface area contributed by atoms with E-state index in [4.69, 9.17) is 0 Å². The van der Waals surface area contributed by atoms with Crippen molar-refractivity contribution in [2.24, 2.45) is 0 Å². The van der Waals surface area contributed by atoms with E-state index in [1.807, 2.05) is 41.9 Å². The summed E-state index contributed by atoms with van der Waals surface area (Å²) in [5, 5.41) is 19.8. The second-order valence-corrected chi connectivity index (χ2v) is 5.63. The lowest BCUT2D eigenvalue weighted by Gasteiger charge is -2.09. The zero-order valence-electron chi connectivity index (χ0n) is 11.2. The maximum absolute atomic E-state index is 9.46. The van der Waals surface area contributed by atoms with Gasteiger partial charge in [0.05, 0.1) is 18.0 Å². The molecule has 0 spiro atoms. The summed E-state index contributed by atoms with van der Waals surface area (Å²) in [7, 11) is 0. The molecule has 1 N–H and O–H groups in total. The lowest BCUT2D eigenvalue weighted by atomic mass is 10.1. The van der Waals surface area contributed by atoms with Gasteiger partial charge in [-0.2, -0.15) is 0 Å². The Balaban J connectivity index is 2.08. The fraction of sp³-hybridized carbons (Fsp3) is 0.200. The van der Waals surface area contributed by atoms with Crippen LogP contribution in [0.5, 0.6) is 0 Å². The van der Waals surface area contributed by atoms with E-state index in [9.17, 15) is 5.11 Å². The van der Waals surface area contributed by atoms with Crippen molar-refractivity contribution in [2.45, 2.75) is 20.0 Å². The molecule has 0 atom stereocenters. The summed E-state index contributed by atoms with van der Waals surface area (Å²) in [6.07, 6.45) is 0.731. The van der Waals surface area contributed by atoms with E-state index < -0.39 is 0 Å². The molecule has 3 aromatic rings. The van der Waals surface area contributed by atoms with Gasteiger partial charge in [-0.25, -0.2) is 4.68 Å². The monoisotopic (exact) mass is 285 g/mol. The molecule has 20 heavy (non-hydrogen) atoms. The summed E-state index contributed by atoms with van der Waals surface area (Å²) in [4.78, 5) is 1.23. The van der Waals surface area contributed by atoms with Crippen LogP contribution in [-0.2, 0) is 13.0 Å². The van der Waals surface area contributed by atoms with Crippen LogP contribution in [-0.4, -0.2) is 20.1 Å². The molecule has 0 aliphatic heterocycles. The van der Waals surface area contributed by atoms with Crippen molar-refractivity contribution in [3.05, 3.63) is 63.6 Å². The van der Waals surface area contributed by atoms with E-state index in [0.717, 1.165) is 23.4 Å². The lowest BCUT2D eigenvalue weighted by Crippen LogP contribution is -2.05. The van der Waals surface area contributed by atoms with Crippen molar-refractivity contribution in [1.82, 2.24) is 15.0 Å². The minimum absolute atomic E-state index is 0.0907. The second kappa shape index (κ2) is 5.56. The molecular weight excluding hydrogens is 270 g/mol.